The van der Waals surface area contributed by atoms with Crippen LogP contribution in [0.5, 0.6) is 5.75 Å². The third kappa shape index (κ3) is 5.40. The van der Waals surface area contributed by atoms with Gasteiger partial charge in [-0.3, -0.25) is 4.57 Å². The lowest BCUT2D eigenvalue weighted by atomic mass is 10.0. The predicted molar refractivity (Wildman–Crippen MR) is 134 cm³/mol. The molecule has 0 aliphatic carbocycles. The smallest absolute Gasteiger partial charge is 0.417 e. The average Bonchev–Trinajstić information content (AvgIpc) is 3.29. The van der Waals surface area contributed by atoms with E-state index in [-0.39, 0.29) is 27.7 Å². The van der Waals surface area contributed by atoms with E-state index in [1.54, 1.807) is 36.4 Å². The number of hydrogen-bond acceptors (Lipinski definition) is 5. The summed E-state index contributed by atoms with van der Waals surface area (Å²) in [7, 11) is -2.15. The van der Waals surface area contributed by atoms with Crippen LogP contribution >= 0.6 is 0 Å². The Balaban J connectivity index is 1.84. The first-order chi connectivity index (χ1) is 17.2. The van der Waals surface area contributed by atoms with E-state index in [0.29, 0.717) is 16.8 Å². The second-order valence-corrected chi connectivity index (χ2v) is 11.1. The van der Waals surface area contributed by atoms with Crippen LogP contribution in [0.2, 0.25) is 0 Å². The molecule has 4 aromatic rings. The molecule has 1 heterocycles. The molecule has 0 aliphatic heterocycles. The van der Waals surface area contributed by atoms with Gasteiger partial charge in [-0.2, -0.15) is 13.2 Å². The molecule has 4 rings (SSSR count). The van der Waals surface area contributed by atoms with Gasteiger partial charge in [-0.15, -0.1) is 0 Å². The van der Waals surface area contributed by atoms with Crippen molar-refractivity contribution in [1.82, 2.24) is 9.55 Å². The van der Waals surface area contributed by atoms with Gasteiger partial charge < -0.3 is 9.84 Å². The quantitative estimate of drug-likeness (QED) is 0.338. The Labute approximate surface area is 212 Å². The zero-order valence-corrected chi connectivity index (χ0v) is 21.4. The zero-order valence-electron chi connectivity index (χ0n) is 20.5. The maximum absolute atomic E-state index is 13.8. The number of methoxy groups -OCH3 is 1. The molecule has 0 fully saturated rings. The first kappa shape index (κ1) is 26.4. The van der Waals surface area contributed by atoms with Crippen LogP contribution in [-0.4, -0.2) is 36.4 Å². The van der Waals surface area contributed by atoms with E-state index in [9.17, 15) is 26.7 Å². The molecule has 0 atom stereocenters. The molecular formula is C27H25F3N2O4S. The summed E-state index contributed by atoms with van der Waals surface area (Å²) in [5.74, 6) is 0.259. The van der Waals surface area contributed by atoms with E-state index < -0.39 is 27.2 Å². The van der Waals surface area contributed by atoms with E-state index >= 15 is 0 Å². The largest absolute Gasteiger partial charge is 0.495 e. The molecule has 194 valence electrons. The van der Waals surface area contributed by atoms with Crippen LogP contribution < -0.4 is 4.74 Å². The highest BCUT2D eigenvalue weighted by atomic mass is 32.2. The molecule has 0 aliphatic rings. The standard InChI is InChI=1S/C27H25F3N2O4S/c1-26(2,33)24-16-32(25(31-24)20-7-5-6-8-21(20)27(28,29)30)19-12-9-17(10-13-19)18-11-14-22(36-3)23(15-18)37(4,34)35/h5-16,33H,1-4H3. The van der Waals surface area contributed by atoms with Gasteiger partial charge >= 0.3 is 6.18 Å². The summed E-state index contributed by atoms with van der Waals surface area (Å²) in [6.07, 6.45) is -2.00. The van der Waals surface area contributed by atoms with Gasteiger partial charge in [-0.25, -0.2) is 13.4 Å². The highest BCUT2D eigenvalue weighted by Gasteiger charge is 2.35. The summed E-state index contributed by atoms with van der Waals surface area (Å²) in [4.78, 5) is 4.42. The van der Waals surface area contributed by atoms with Crippen molar-refractivity contribution in [2.45, 2.75) is 30.5 Å². The number of aromatic nitrogens is 2. The molecule has 0 saturated carbocycles. The number of halogens is 3. The molecular weight excluding hydrogens is 505 g/mol. The fourth-order valence-electron chi connectivity index (χ4n) is 3.95. The molecule has 0 saturated heterocycles. The first-order valence-corrected chi connectivity index (χ1v) is 13.1. The van der Waals surface area contributed by atoms with Crippen LogP contribution in [0.15, 0.2) is 77.8 Å². The lowest BCUT2D eigenvalue weighted by Crippen LogP contribution is -2.15. The maximum atomic E-state index is 13.8. The number of imidazole rings is 1. The summed E-state index contributed by atoms with van der Waals surface area (Å²) < 4.78 is 72.4. The SMILES string of the molecule is COc1ccc(-c2ccc(-n3cc(C(C)(C)O)nc3-c3ccccc3C(F)(F)F)cc2)cc1S(C)(=O)=O. The van der Waals surface area contributed by atoms with Crippen LogP contribution in [0, 0.1) is 0 Å². The summed E-state index contributed by atoms with van der Waals surface area (Å²) in [6.45, 7) is 3.01. The zero-order chi connectivity index (χ0) is 27.2. The fraction of sp³-hybridized carbons (Fsp3) is 0.222. The van der Waals surface area contributed by atoms with Crippen molar-refractivity contribution in [2.24, 2.45) is 0 Å². The number of benzene rings is 3. The van der Waals surface area contributed by atoms with E-state index in [1.165, 1.54) is 56.0 Å². The molecule has 1 aromatic heterocycles. The molecule has 0 radical (unpaired) electrons. The predicted octanol–water partition coefficient (Wildman–Crippen LogP) is 5.86. The summed E-state index contributed by atoms with van der Waals surface area (Å²) in [5, 5.41) is 10.5. The fourth-order valence-corrected chi connectivity index (χ4v) is 4.81. The molecule has 1 N–H and O–H groups in total. The molecule has 0 spiro atoms. The highest BCUT2D eigenvalue weighted by molar-refractivity contribution is 7.90. The number of sulfone groups is 1. The van der Waals surface area contributed by atoms with Gasteiger partial charge in [0.2, 0.25) is 0 Å². The van der Waals surface area contributed by atoms with Gasteiger partial charge in [0.15, 0.2) is 9.84 Å². The Morgan fingerprint density at radius 1 is 0.946 bits per heavy atom. The summed E-state index contributed by atoms with van der Waals surface area (Å²) in [6, 6.07) is 16.8. The second kappa shape index (κ2) is 9.35. The second-order valence-electron chi connectivity index (χ2n) is 9.11. The van der Waals surface area contributed by atoms with E-state index in [2.05, 4.69) is 4.98 Å². The Kier molecular flexibility index (Phi) is 6.68. The van der Waals surface area contributed by atoms with E-state index in [1.807, 2.05) is 0 Å². The molecule has 0 bridgehead atoms. The lowest BCUT2D eigenvalue weighted by molar-refractivity contribution is -0.137. The third-order valence-corrected chi connectivity index (χ3v) is 6.97. The van der Waals surface area contributed by atoms with Crippen LogP contribution in [0.1, 0.15) is 25.1 Å². The monoisotopic (exact) mass is 530 g/mol. The van der Waals surface area contributed by atoms with Gasteiger partial charge in [0.05, 0.1) is 18.4 Å². The maximum Gasteiger partial charge on any atom is 0.417 e. The van der Waals surface area contributed by atoms with Crippen LogP contribution in [0.4, 0.5) is 13.2 Å². The Morgan fingerprint density at radius 2 is 1.57 bits per heavy atom. The molecule has 6 nitrogen and oxygen atoms in total. The van der Waals surface area contributed by atoms with Crippen molar-refractivity contribution in [1.29, 1.82) is 0 Å². The number of aliphatic hydroxyl groups is 1. The van der Waals surface area contributed by atoms with E-state index in [0.717, 1.165) is 12.3 Å². The Hall–Kier alpha value is -3.63. The minimum absolute atomic E-state index is 0.0293. The third-order valence-electron chi connectivity index (χ3n) is 5.85. The summed E-state index contributed by atoms with van der Waals surface area (Å²) in [5.41, 5.74) is -0.324. The van der Waals surface area contributed by atoms with Crippen molar-refractivity contribution >= 4 is 9.84 Å². The minimum Gasteiger partial charge on any atom is -0.495 e. The molecule has 0 amide bonds. The Morgan fingerprint density at radius 3 is 2.14 bits per heavy atom. The normalized spacial score (nSPS) is 12.5. The van der Waals surface area contributed by atoms with Gasteiger partial charge in [-0.05, 0) is 55.3 Å². The first-order valence-electron chi connectivity index (χ1n) is 11.2. The highest BCUT2D eigenvalue weighted by Crippen LogP contribution is 2.38. The molecule has 3 aromatic carbocycles. The molecule has 10 heteroatoms. The van der Waals surface area contributed by atoms with Gasteiger partial charge in [-0.1, -0.05) is 36.4 Å². The Bertz CT molecular complexity index is 1550. The van der Waals surface area contributed by atoms with Crippen molar-refractivity contribution in [3.05, 3.63) is 84.2 Å². The van der Waals surface area contributed by atoms with Crippen molar-refractivity contribution in [3.63, 3.8) is 0 Å². The van der Waals surface area contributed by atoms with Crippen molar-refractivity contribution in [2.75, 3.05) is 13.4 Å². The van der Waals surface area contributed by atoms with E-state index in [4.69, 9.17) is 4.74 Å². The molecule has 37 heavy (non-hydrogen) atoms. The number of rotatable bonds is 6. The average molecular weight is 531 g/mol. The van der Waals surface area contributed by atoms with Crippen LogP contribution in [0.25, 0.3) is 28.2 Å². The van der Waals surface area contributed by atoms with Gasteiger partial charge in [0, 0.05) is 23.7 Å². The van der Waals surface area contributed by atoms with Crippen molar-refractivity contribution in [3.8, 4) is 34.0 Å². The number of hydrogen-bond donors (Lipinski definition) is 1. The summed E-state index contributed by atoms with van der Waals surface area (Å²) >= 11 is 0. The minimum atomic E-state index is -4.60. The van der Waals surface area contributed by atoms with Crippen LogP contribution in [0.3, 0.4) is 0 Å². The number of alkyl halides is 3. The van der Waals surface area contributed by atoms with Crippen LogP contribution in [-0.2, 0) is 21.6 Å². The number of ether oxygens (including phenoxy) is 1. The lowest BCUT2D eigenvalue weighted by Gasteiger charge is -2.14. The topological polar surface area (TPSA) is 81.4 Å². The molecule has 0 unspecified atom stereocenters. The van der Waals surface area contributed by atoms with Gasteiger partial charge in [0.25, 0.3) is 0 Å². The van der Waals surface area contributed by atoms with Crippen molar-refractivity contribution < 1.29 is 31.4 Å². The number of nitrogens with zero attached hydrogens (tertiary/aromatic N) is 2. The van der Waals surface area contributed by atoms with Gasteiger partial charge in [0.1, 0.15) is 22.1 Å².